The van der Waals surface area contributed by atoms with Crippen molar-refractivity contribution in [3.63, 3.8) is 0 Å². The van der Waals surface area contributed by atoms with Gasteiger partial charge in [0, 0.05) is 6.20 Å². The van der Waals surface area contributed by atoms with Crippen LogP contribution in [0.4, 0.5) is 0 Å². The Morgan fingerprint density at radius 1 is 1.24 bits per heavy atom. The summed E-state index contributed by atoms with van der Waals surface area (Å²) in [5.74, 6) is 0.710. The Hall–Kier alpha value is -1.58. The molecule has 88 valence electrons. The third-order valence-corrected chi connectivity index (χ3v) is 2.68. The molecular formula is C13H12ClNO2. The van der Waals surface area contributed by atoms with Crippen LogP contribution < -0.4 is 4.74 Å². The number of hydrogen-bond acceptors (Lipinski definition) is 3. The molecule has 1 atom stereocenters. The smallest absolute Gasteiger partial charge is 0.129 e. The van der Waals surface area contributed by atoms with E-state index in [1.807, 2.05) is 18.2 Å². The Labute approximate surface area is 105 Å². The second kappa shape index (κ2) is 5.17. The minimum Gasteiger partial charge on any atom is -0.497 e. The molecule has 17 heavy (non-hydrogen) atoms. The molecule has 1 aromatic carbocycles. The monoisotopic (exact) mass is 249 g/mol. The van der Waals surface area contributed by atoms with Crippen LogP contribution in [-0.2, 0) is 0 Å². The zero-order chi connectivity index (χ0) is 12.3. The summed E-state index contributed by atoms with van der Waals surface area (Å²) in [4.78, 5) is 3.88. The van der Waals surface area contributed by atoms with E-state index in [0.717, 1.165) is 5.56 Å². The van der Waals surface area contributed by atoms with Crippen LogP contribution in [-0.4, -0.2) is 17.2 Å². The van der Waals surface area contributed by atoms with Gasteiger partial charge in [0.15, 0.2) is 0 Å². The molecule has 0 saturated heterocycles. The normalized spacial score (nSPS) is 12.2. The van der Waals surface area contributed by atoms with Crippen molar-refractivity contribution in [2.45, 2.75) is 6.10 Å². The molecule has 0 amide bonds. The van der Waals surface area contributed by atoms with Gasteiger partial charge in [0.1, 0.15) is 17.0 Å². The van der Waals surface area contributed by atoms with Crippen molar-refractivity contribution in [1.29, 1.82) is 0 Å². The number of methoxy groups -OCH3 is 1. The van der Waals surface area contributed by atoms with Crippen molar-refractivity contribution in [2.24, 2.45) is 0 Å². The lowest BCUT2D eigenvalue weighted by molar-refractivity contribution is 0.219. The van der Waals surface area contributed by atoms with Crippen molar-refractivity contribution in [1.82, 2.24) is 4.98 Å². The van der Waals surface area contributed by atoms with E-state index in [9.17, 15) is 5.11 Å². The molecule has 3 nitrogen and oxygen atoms in total. The molecule has 1 unspecified atom stereocenters. The van der Waals surface area contributed by atoms with Gasteiger partial charge in [-0.2, -0.15) is 0 Å². The van der Waals surface area contributed by atoms with Crippen molar-refractivity contribution < 1.29 is 9.84 Å². The fraction of sp³-hybridized carbons (Fsp3) is 0.154. The molecule has 1 heterocycles. The van der Waals surface area contributed by atoms with Crippen LogP contribution >= 0.6 is 11.6 Å². The minimum atomic E-state index is -0.731. The van der Waals surface area contributed by atoms with Gasteiger partial charge in [-0.15, -0.1) is 0 Å². The van der Waals surface area contributed by atoms with E-state index in [-0.39, 0.29) is 0 Å². The highest BCUT2D eigenvalue weighted by atomic mass is 35.5. The number of pyridine rings is 1. The average Bonchev–Trinajstić information content (AvgIpc) is 2.38. The summed E-state index contributed by atoms with van der Waals surface area (Å²) >= 11 is 5.79. The maximum Gasteiger partial charge on any atom is 0.129 e. The number of ether oxygens (including phenoxy) is 1. The lowest BCUT2D eigenvalue weighted by Gasteiger charge is -2.12. The minimum absolute atomic E-state index is 0.365. The fourth-order valence-corrected chi connectivity index (χ4v) is 1.77. The fourth-order valence-electron chi connectivity index (χ4n) is 1.59. The summed E-state index contributed by atoms with van der Waals surface area (Å²) in [6, 6.07) is 10.7. The van der Waals surface area contributed by atoms with Crippen LogP contribution in [0.2, 0.25) is 5.15 Å². The zero-order valence-electron chi connectivity index (χ0n) is 9.30. The van der Waals surface area contributed by atoms with E-state index in [4.69, 9.17) is 16.3 Å². The Kier molecular flexibility index (Phi) is 3.61. The summed E-state index contributed by atoms with van der Waals surface area (Å²) < 4.78 is 5.12. The molecule has 0 spiro atoms. The highest BCUT2D eigenvalue weighted by molar-refractivity contribution is 6.29. The lowest BCUT2D eigenvalue weighted by Crippen LogP contribution is -2.00. The first-order valence-electron chi connectivity index (χ1n) is 5.14. The van der Waals surface area contributed by atoms with E-state index in [2.05, 4.69) is 4.98 Å². The standard InChI is InChI=1S/C13H12ClNO2/c1-17-11-4-2-3-9(7-11)13(16)10-5-6-15-12(14)8-10/h2-8,13,16H,1H3. The first kappa shape index (κ1) is 11.9. The number of halogens is 1. The summed E-state index contributed by atoms with van der Waals surface area (Å²) in [6.07, 6.45) is 0.840. The van der Waals surface area contributed by atoms with Gasteiger partial charge < -0.3 is 9.84 Å². The number of aliphatic hydroxyl groups is 1. The molecule has 0 fully saturated rings. The van der Waals surface area contributed by atoms with Crippen LogP contribution in [0, 0.1) is 0 Å². The average molecular weight is 250 g/mol. The van der Waals surface area contributed by atoms with Gasteiger partial charge in [-0.3, -0.25) is 0 Å². The third kappa shape index (κ3) is 2.75. The number of hydrogen-bond donors (Lipinski definition) is 1. The van der Waals surface area contributed by atoms with Crippen molar-refractivity contribution in [2.75, 3.05) is 7.11 Å². The predicted molar refractivity (Wildman–Crippen MR) is 66.3 cm³/mol. The van der Waals surface area contributed by atoms with Gasteiger partial charge in [0.05, 0.1) is 7.11 Å². The van der Waals surface area contributed by atoms with Crippen LogP contribution in [0.5, 0.6) is 5.75 Å². The second-order valence-corrected chi connectivity index (χ2v) is 3.98. The van der Waals surface area contributed by atoms with Crippen LogP contribution in [0.1, 0.15) is 17.2 Å². The summed E-state index contributed by atoms with van der Waals surface area (Å²) in [6.45, 7) is 0. The van der Waals surface area contributed by atoms with E-state index < -0.39 is 6.10 Å². The Balaban J connectivity index is 2.33. The van der Waals surface area contributed by atoms with Crippen molar-refractivity contribution >= 4 is 11.6 Å². The maximum absolute atomic E-state index is 10.2. The summed E-state index contributed by atoms with van der Waals surface area (Å²) in [5, 5.41) is 10.6. The van der Waals surface area contributed by atoms with Crippen LogP contribution in [0.25, 0.3) is 0 Å². The number of rotatable bonds is 3. The van der Waals surface area contributed by atoms with Gasteiger partial charge in [0.25, 0.3) is 0 Å². The van der Waals surface area contributed by atoms with E-state index in [1.165, 1.54) is 0 Å². The molecule has 0 aliphatic heterocycles. The number of aliphatic hydroxyl groups excluding tert-OH is 1. The van der Waals surface area contributed by atoms with Crippen molar-refractivity contribution in [3.8, 4) is 5.75 Å². The molecule has 4 heteroatoms. The predicted octanol–water partition coefficient (Wildman–Crippen LogP) is 2.83. The quantitative estimate of drug-likeness (QED) is 0.851. The van der Waals surface area contributed by atoms with Gasteiger partial charge in [-0.05, 0) is 35.4 Å². The molecule has 0 radical (unpaired) electrons. The molecule has 2 rings (SSSR count). The van der Waals surface area contributed by atoms with E-state index >= 15 is 0 Å². The molecule has 0 aliphatic rings. The van der Waals surface area contributed by atoms with E-state index in [1.54, 1.807) is 31.5 Å². The molecule has 1 aromatic heterocycles. The molecule has 0 aliphatic carbocycles. The largest absolute Gasteiger partial charge is 0.497 e. The maximum atomic E-state index is 10.2. The molecule has 2 aromatic rings. The number of aromatic nitrogens is 1. The summed E-state index contributed by atoms with van der Waals surface area (Å²) in [7, 11) is 1.59. The number of benzene rings is 1. The Bertz CT molecular complexity index is 516. The topological polar surface area (TPSA) is 42.4 Å². The highest BCUT2D eigenvalue weighted by Gasteiger charge is 2.11. The number of nitrogens with zero attached hydrogens (tertiary/aromatic N) is 1. The molecular weight excluding hydrogens is 238 g/mol. The first-order valence-corrected chi connectivity index (χ1v) is 5.52. The Morgan fingerprint density at radius 3 is 2.71 bits per heavy atom. The van der Waals surface area contributed by atoms with Crippen LogP contribution in [0.3, 0.4) is 0 Å². The van der Waals surface area contributed by atoms with Gasteiger partial charge in [-0.25, -0.2) is 4.98 Å². The first-order chi connectivity index (χ1) is 8.20. The van der Waals surface area contributed by atoms with Crippen molar-refractivity contribution in [3.05, 3.63) is 58.9 Å². The van der Waals surface area contributed by atoms with E-state index in [0.29, 0.717) is 16.5 Å². The SMILES string of the molecule is COc1cccc(C(O)c2ccnc(Cl)c2)c1. The lowest BCUT2D eigenvalue weighted by atomic mass is 10.0. The molecule has 0 bridgehead atoms. The Morgan fingerprint density at radius 2 is 2.00 bits per heavy atom. The van der Waals surface area contributed by atoms with Gasteiger partial charge in [-0.1, -0.05) is 23.7 Å². The zero-order valence-corrected chi connectivity index (χ0v) is 10.1. The van der Waals surface area contributed by atoms with Gasteiger partial charge in [0.2, 0.25) is 0 Å². The second-order valence-electron chi connectivity index (χ2n) is 3.59. The third-order valence-electron chi connectivity index (χ3n) is 2.48. The highest BCUT2D eigenvalue weighted by Crippen LogP contribution is 2.25. The molecule has 1 N–H and O–H groups in total. The molecule has 0 saturated carbocycles. The van der Waals surface area contributed by atoms with Gasteiger partial charge >= 0.3 is 0 Å². The van der Waals surface area contributed by atoms with Crippen LogP contribution in [0.15, 0.2) is 42.6 Å². The summed E-state index contributed by atoms with van der Waals surface area (Å²) in [5.41, 5.74) is 1.46.